The number of anilines is 1. The molecule has 2 aromatic rings. The predicted molar refractivity (Wildman–Crippen MR) is 101 cm³/mol. The van der Waals surface area contributed by atoms with Crippen LogP contribution < -0.4 is 4.90 Å². The van der Waals surface area contributed by atoms with Crippen LogP contribution in [0.25, 0.3) is 0 Å². The number of rotatable bonds is 2. The van der Waals surface area contributed by atoms with Gasteiger partial charge in [-0.3, -0.25) is 4.79 Å². The molecule has 1 aromatic heterocycles. The Morgan fingerprint density at radius 1 is 1.21 bits per heavy atom. The van der Waals surface area contributed by atoms with Crippen LogP contribution in [-0.4, -0.2) is 40.7 Å². The topological polar surface area (TPSA) is 69.5 Å². The molecule has 0 saturated carbocycles. The first-order valence-corrected chi connectivity index (χ1v) is 10.4. The fourth-order valence-corrected chi connectivity index (χ4v) is 5.43. The SMILES string of the molecule is N#Cc1cnc(N2CCC3(CC2)O[C@@H]2CC[C@@H](c4cc(F)cc(F)c4)N2C3=O)s1. The first-order valence-electron chi connectivity index (χ1n) is 9.56. The summed E-state index contributed by atoms with van der Waals surface area (Å²) in [6.07, 6.45) is 3.51. The minimum atomic E-state index is -0.888. The van der Waals surface area contributed by atoms with Gasteiger partial charge in [0.15, 0.2) is 10.7 Å². The van der Waals surface area contributed by atoms with Crippen LogP contribution in [0.1, 0.15) is 42.2 Å². The van der Waals surface area contributed by atoms with Crippen molar-refractivity contribution >= 4 is 22.4 Å². The molecule has 9 heteroatoms. The largest absolute Gasteiger partial charge is 0.348 e. The Labute approximate surface area is 170 Å². The van der Waals surface area contributed by atoms with Crippen molar-refractivity contribution in [3.63, 3.8) is 0 Å². The van der Waals surface area contributed by atoms with Crippen LogP contribution in [-0.2, 0) is 9.53 Å². The number of nitrogens with zero attached hydrogens (tertiary/aromatic N) is 4. The van der Waals surface area contributed by atoms with Gasteiger partial charge in [-0.1, -0.05) is 11.3 Å². The summed E-state index contributed by atoms with van der Waals surface area (Å²) in [5.41, 5.74) is -0.413. The standard InChI is InChI=1S/C20H18F2N4O2S/c21-13-7-12(8-14(22)9-13)16-1-2-17-26(16)18(27)20(28-17)3-5-25(6-4-20)19-24-11-15(10-23)29-19/h7-9,11,16-17H,1-6H2/t16-,17+/m0/s1. The van der Waals surface area contributed by atoms with Gasteiger partial charge in [-0.2, -0.15) is 5.26 Å². The van der Waals surface area contributed by atoms with Gasteiger partial charge in [0.05, 0.1) is 12.2 Å². The molecular weight excluding hydrogens is 398 g/mol. The summed E-state index contributed by atoms with van der Waals surface area (Å²) in [7, 11) is 0. The summed E-state index contributed by atoms with van der Waals surface area (Å²) in [6.45, 7) is 1.20. The van der Waals surface area contributed by atoms with Crippen molar-refractivity contribution in [3.8, 4) is 6.07 Å². The van der Waals surface area contributed by atoms with Crippen molar-refractivity contribution in [3.05, 3.63) is 46.5 Å². The van der Waals surface area contributed by atoms with Crippen molar-refractivity contribution in [1.82, 2.24) is 9.88 Å². The van der Waals surface area contributed by atoms with E-state index in [1.165, 1.54) is 23.5 Å². The molecule has 150 valence electrons. The van der Waals surface area contributed by atoms with Crippen molar-refractivity contribution < 1.29 is 18.3 Å². The van der Waals surface area contributed by atoms with Crippen LogP contribution in [0.4, 0.5) is 13.9 Å². The molecule has 3 aliphatic heterocycles. The summed E-state index contributed by atoms with van der Waals surface area (Å²) in [5, 5.41) is 9.75. The quantitative estimate of drug-likeness (QED) is 0.751. The number of ether oxygens (including phenoxy) is 1. The van der Waals surface area contributed by atoms with Crippen LogP contribution in [0.3, 0.4) is 0 Å². The van der Waals surface area contributed by atoms with Crippen molar-refractivity contribution in [2.75, 3.05) is 18.0 Å². The number of piperidine rings is 1. The Bertz CT molecular complexity index is 992. The van der Waals surface area contributed by atoms with Crippen LogP contribution in [0.5, 0.6) is 0 Å². The van der Waals surface area contributed by atoms with Gasteiger partial charge in [-0.05, 0) is 30.5 Å². The lowest BCUT2D eigenvalue weighted by atomic mass is 9.90. The Morgan fingerprint density at radius 3 is 2.59 bits per heavy atom. The molecule has 0 aliphatic carbocycles. The number of thiazole rings is 1. The van der Waals surface area contributed by atoms with Gasteiger partial charge in [-0.25, -0.2) is 13.8 Å². The lowest BCUT2D eigenvalue weighted by molar-refractivity contribution is -0.140. The molecule has 0 bridgehead atoms. The number of carbonyl (C=O) groups excluding carboxylic acids is 1. The Balaban J connectivity index is 1.34. The second-order valence-corrected chi connectivity index (χ2v) is 8.69. The van der Waals surface area contributed by atoms with Gasteiger partial charge in [-0.15, -0.1) is 0 Å². The third kappa shape index (κ3) is 2.98. The smallest absolute Gasteiger partial charge is 0.257 e. The average Bonchev–Trinajstić information content (AvgIpc) is 3.39. The number of aromatic nitrogens is 1. The zero-order valence-electron chi connectivity index (χ0n) is 15.5. The van der Waals surface area contributed by atoms with E-state index < -0.39 is 17.2 Å². The number of halogens is 2. The van der Waals surface area contributed by atoms with E-state index >= 15 is 0 Å². The highest BCUT2D eigenvalue weighted by molar-refractivity contribution is 7.16. The fourth-order valence-electron chi connectivity index (χ4n) is 4.66. The molecule has 4 heterocycles. The minimum absolute atomic E-state index is 0.0915. The number of hydrogen-bond donors (Lipinski definition) is 0. The number of hydrogen-bond acceptors (Lipinski definition) is 6. The maximum atomic E-state index is 13.7. The van der Waals surface area contributed by atoms with E-state index in [1.807, 2.05) is 0 Å². The maximum absolute atomic E-state index is 13.7. The Hall–Kier alpha value is -2.57. The van der Waals surface area contributed by atoms with E-state index in [0.29, 0.717) is 49.2 Å². The number of fused-ring (bicyclic) bond motifs is 1. The van der Waals surface area contributed by atoms with Gasteiger partial charge >= 0.3 is 0 Å². The third-order valence-electron chi connectivity index (χ3n) is 6.03. The number of amides is 1. The highest BCUT2D eigenvalue weighted by atomic mass is 32.1. The number of benzene rings is 1. The average molecular weight is 416 g/mol. The molecule has 1 spiro atoms. The van der Waals surface area contributed by atoms with Crippen molar-refractivity contribution in [2.45, 2.75) is 43.6 Å². The van der Waals surface area contributed by atoms with Crippen LogP contribution in [0.15, 0.2) is 24.4 Å². The van der Waals surface area contributed by atoms with E-state index in [-0.39, 0.29) is 18.2 Å². The van der Waals surface area contributed by atoms with E-state index in [4.69, 9.17) is 10.00 Å². The summed E-state index contributed by atoms with van der Waals surface area (Å²) >= 11 is 1.33. The van der Waals surface area contributed by atoms with Gasteiger partial charge in [0.2, 0.25) is 0 Å². The van der Waals surface area contributed by atoms with Crippen molar-refractivity contribution in [2.24, 2.45) is 0 Å². The van der Waals surface area contributed by atoms with E-state index in [2.05, 4.69) is 16.0 Å². The summed E-state index contributed by atoms with van der Waals surface area (Å²) in [4.78, 5) is 21.9. The molecule has 3 fully saturated rings. The minimum Gasteiger partial charge on any atom is -0.348 e. The molecule has 6 nitrogen and oxygen atoms in total. The second kappa shape index (κ2) is 6.75. The molecule has 0 unspecified atom stereocenters. The van der Waals surface area contributed by atoms with Gasteiger partial charge in [0.1, 0.15) is 28.8 Å². The van der Waals surface area contributed by atoms with Gasteiger partial charge in [0.25, 0.3) is 5.91 Å². The first-order chi connectivity index (χ1) is 14.0. The van der Waals surface area contributed by atoms with Crippen LogP contribution in [0, 0.1) is 23.0 Å². The third-order valence-corrected chi connectivity index (χ3v) is 7.00. The fraction of sp³-hybridized carbons (Fsp3) is 0.450. The molecule has 3 saturated heterocycles. The normalized spacial score (nSPS) is 25.5. The molecule has 1 amide bonds. The monoisotopic (exact) mass is 416 g/mol. The molecule has 29 heavy (non-hydrogen) atoms. The summed E-state index contributed by atoms with van der Waals surface area (Å²) in [6, 6.07) is 5.15. The maximum Gasteiger partial charge on any atom is 0.257 e. The number of carbonyl (C=O) groups is 1. The molecule has 1 aromatic carbocycles. The van der Waals surface area contributed by atoms with E-state index in [0.717, 1.165) is 11.2 Å². The lowest BCUT2D eigenvalue weighted by Crippen LogP contribution is -2.50. The summed E-state index contributed by atoms with van der Waals surface area (Å²) < 4.78 is 33.6. The number of nitriles is 1. The summed E-state index contributed by atoms with van der Waals surface area (Å²) in [5.74, 6) is -1.37. The Kier molecular flexibility index (Phi) is 4.29. The van der Waals surface area contributed by atoms with Crippen LogP contribution in [0.2, 0.25) is 0 Å². The van der Waals surface area contributed by atoms with Crippen LogP contribution >= 0.6 is 11.3 Å². The lowest BCUT2D eigenvalue weighted by Gasteiger charge is -2.37. The predicted octanol–water partition coefficient (Wildman–Crippen LogP) is 3.35. The zero-order chi connectivity index (χ0) is 20.2. The molecule has 3 aliphatic rings. The molecule has 2 atom stereocenters. The highest BCUT2D eigenvalue weighted by Gasteiger charge is 2.58. The van der Waals surface area contributed by atoms with Gasteiger partial charge < -0.3 is 14.5 Å². The van der Waals surface area contributed by atoms with E-state index in [1.54, 1.807) is 11.1 Å². The molecule has 0 radical (unpaired) electrons. The zero-order valence-corrected chi connectivity index (χ0v) is 16.3. The molecule has 5 rings (SSSR count). The Morgan fingerprint density at radius 2 is 1.93 bits per heavy atom. The van der Waals surface area contributed by atoms with Gasteiger partial charge in [0, 0.05) is 32.0 Å². The van der Waals surface area contributed by atoms with E-state index in [9.17, 15) is 13.6 Å². The molecule has 0 N–H and O–H groups in total. The molecular formula is C20H18F2N4O2S. The first kappa shape index (κ1) is 18.5. The highest BCUT2D eigenvalue weighted by Crippen LogP contribution is 2.48. The van der Waals surface area contributed by atoms with Crippen molar-refractivity contribution in [1.29, 1.82) is 5.26 Å². The second-order valence-electron chi connectivity index (χ2n) is 7.68.